The molecule has 9 heteroatoms. The van der Waals surface area contributed by atoms with Gasteiger partial charge in [-0.15, -0.1) is 0 Å². The standard InChI is InChI=1S/C17H18N6O3/c1-25-8-9-26-15-11-19-13(10-20-15)17(24)22-16-12(18)4-5-14(21-16)23-6-2-3-7-23/h2-7,10-11H,8-9,18H2,1H3,(H,21,22,24). The molecule has 0 bridgehead atoms. The maximum atomic E-state index is 12.4. The summed E-state index contributed by atoms with van der Waals surface area (Å²) in [4.78, 5) is 24.8. The predicted octanol–water partition coefficient (Wildman–Crippen LogP) is 1.52. The Morgan fingerprint density at radius 2 is 2.00 bits per heavy atom. The molecule has 0 spiro atoms. The summed E-state index contributed by atoms with van der Waals surface area (Å²) in [6.07, 6.45) is 6.39. The number of amides is 1. The Balaban J connectivity index is 1.70. The van der Waals surface area contributed by atoms with Crippen LogP contribution in [0.3, 0.4) is 0 Å². The topological polar surface area (TPSA) is 117 Å². The van der Waals surface area contributed by atoms with Crippen molar-refractivity contribution in [2.24, 2.45) is 0 Å². The number of carbonyl (C=O) groups excluding carboxylic acids is 1. The van der Waals surface area contributed by atoms with Crippen LogP contribution in [0.5, 0.6) is 5.88 Å². The lowest BCUT2D eigenvalue weighted by molar-refractivity contribution is 0.102. The predicted molar refractivity (Wildman–Crippen MR) is 95.3 cm³/mol. The molecule has 0 fully saturated rings. The summed E-state index contributed by atoms with van der Waals surface area (Å²) in [6, 6.07) is 7.19. The fourth-order valence-electron chi connectivity index (χ4n) is 2.10. The normalized spacial score (nSPS) is 10.5. The summed E-state index contributed by atoms with van der Waals surface area (Å²) in [6.45, 7) is 0.788. The molecule has 134 valence electrons. The zero-order valence-corrected chi connectivity index (χ0v) is 14.1. The summed E-state index contributed by atoms with van der Waals surface area (Å²) in [5.41, 5.74) is 6.38. The number of hydrogen-bond donors (Lipinski definition) is 2. The van der Waals surface area contributed by atoms with Crippen LogP contribution in [0.2, 0.25) is 0 Å². The number of nitrogens with zero attached hydrogens (tertiary/aromatic N) is 4. The van der Waals surface area contributed by atoms with Crippen molar-refractivity contribution in [3.05, 3.63) is 54.7 Å². The number of nitrogen functional groups attached to an aromatic ring is 1. The van der Waals surface area contributed by atoms with Gasteiger partial charge in [-0.3, -0.25) is 4.79 Å². The Kier molecular flexibility index (Phi) is 5.40. The van der Waals surface area contributed by atoms with E-state index in [1.165, 1.54) is 12.4 Å². The van der Waals surface area contributed by atoms with Gasteiger partial charge in [-0.1, -0.05) is 0 Å². The molecular formula is C17H18N6O3. The molecule has 0 saturated heterocycles. The Labute approximate surface area is 149 Å². The first-order valence-corrected chi connectivity index (χ1v) is 7.82. The number of carbonyl (C=O) groups is 1. The monoisotopic (exact) mass is 354 g/mol. The Morgan fingerprint density at radius 1 is 1.19 bits per heavy atom. The number of ether oxygens (including phenoxy) is 2. The number of hydrogen-bond acceptors (Lipinski definition) is 7. The maximum Gasteiger partial charge on any atom is 0.277 e. The first-order valence-electron chi connectivity index (χ1n) is 7.82. The second-order valence-corrected chi connectivity index (χ2v) is 5.23. The lowest BCUT2D eigenvalue weighted by Gasteiger charge is -2.10. The molecule has 9 nitrogen and oxygen atoms in total. The van der Waals surface area contributed by atoms with Crippen molar-refractivity contribution in [2.45, 2.75) is 0 Å². The van der Waals surface area contributed by atoms with E-state index in [9.17, 15) is 4.79 Å². The van der Waals surface area contributed by atoms with Crippen LogP contribution in [-0.2, 0) is 4.74 Å². The highest BCUT2D eigenvalue weighted by molar-refractivity contribution is 6.03. The second-order valence-electron chi connectivity index (χ2n) is 5.23. The number of nitrogens with one attached hydrogen (secondary N) is 1. The molecule has 3 aromatic heterocycles. The van der Waals surface area contributed by atoms with E-state index in [0.29, 0.717) is 30.6 Å². The van der Waals surface area contributed by atoms with Crippen LogP contribution in [0.15, 0.2) is 49.1 Å². The number of pyridine rings is 1. The van der Waals surface area contributed by atoms with Gasteiger partial charge in [-0.2, -0.15) is 0 Å². The molecule has 0 aliphatic rings. The average molecular weight is 354 g/mol. The molecule has 0 radical (unpaired) electrons. The number of methoxy groups -OCH3 is 1. The summed E-state index contributed by atoms with van der Waals surface area (Å²) in [5, 5.41) is 2.65. The molecule has 0 aliphatic heterocycles. The molecule has 3 rings (SSSR count). The second kappa shape index (κ2) is 8.08. The SMILES string of the molecule is COCCOc1cnc(C(=O)Nc2nc(-n3cccc3)ccc2N)cn1. The van der Waals surface area contributed by atoms with E-state index in [-0.39, 0.29) is 11.5 Å². The van der Waals surface area contributed by atoms with Crippen LogP contribution in [-0.4, -0.2) is 45.7 Å². The zero-order chi connectivity index (χ0) is 18.4. The van der Waals surface area contributed by atoms with Gasteiger partial charge in [0.25, 0.3) is 5.91 Å². The van der Waals surface area contributed by atoms with Gasteiger partial charge in [-0.05, 0) is 24.3 Å². The van der Waals surface area contributed by atoms with Crippen LogP contribution in [0.25, 0.3) is 5.82 Å². The van der Waals surface area contributed by atoms with Crippen LogP contribution >= 0.6 is 0 Å². The fraction of sp³-hybridized carbons (Fsp3) is 0.176. The molecule has 0 atom stereocenters. The average Bonchev–Trinajstić information content (AvgIpc) is 3.19. The van der Waals surface area contributed by atoms with E-state index < -0.39 is 5.91 Å². The van der Waals surface area contributed by atoms with Gasteiger partial charge in [0.05, 0.1) is 24.7 Å². The van der Waals surface area contributed by atoms with Crippen molar-refractivity contribution >= 4 is 17.4 Å². The van der Waals surface area contributed by atoms with Gasteiger partial charge < -0.3 is 25.1 Å². The quantitative estimate of drug-likeness (QED) is 0.618. The van der Waals surface area contributed by atoms with Crippen LogP contribution < -0.4 is 15.8 Å². The molecule has 0 aromatic carbocycles. The van der Waals surface area contributed by atoms with Gasteiger partial charge in [0.1, 0.15) is 18.1 Å². The van der Waals surface area contributed by atoms with Gasteiger partial charge in [-0.25, -0.2) is 15.0 Å². The molecule has 1 amide bonds. The van der Waals surface area contributed by atoms with E-state index in [0.717, 1.165) is 0 Å². The van der Waals surface area contributed by atoms with E-state index in [1.54, 1.807) is 23.8 Å². The Bertz CT molecular complexity index is 865. The van der Waals surface area contributed by atoms with Crippen molar-refractivity contribution in [3.8, 4) is 11.7 Å². The molecule has 3 heterocycles. The minimum Gasteiger partial charge on any atom is -0.474 e. The summed E-state index contributed by atoms with van der Waals surface area (Å²) < 4.78 is 12.0. The highest BCUT2D eigenvalue weighted by Gasteiger charge is 2.12. The first kappa shape index (κ1) is 17.4. The van der Waals surface area contributed by atoms with Crippen molar-refractivity contribution in [1.29, 1.82) is 0 Å². The molecule has 26 heavy (non-hydrogen) atoms. The lowest BCUT2D eigenvalue weighted by atomic mass is 10.3. The number of rotatable bonds is 7. The summed E-state index contributed by atoms with van der Waals surface area (Å²) in [5.74, 6) is 0.728. The van der Waals surface area contributed by atoms with Crippen LogP contribution in [0.4, 0.5) is 11.5 Å². The van der Waals surface area contributed by atoms with E-state index in [4.69, 9.17) is 15.2 Å². The van der Waals surface area contributed by atoms with Crippen molar-refractivity contribution < 1.29 is 14.3 Å². The van der Waals surface area contributed by atoms with Gasteiger partial charge >= 0.3 is 0 Å². The van der Waals surface area contributed by atoms with E-state index in [1.807, 2.05) is 24.5 Å². The minimum absolute atomic E-state index is 0.122. The third-order valence-electron chi connectivity index (χ3n) is 3.41. The molecule has 3 N–H and O–H groups in total. The highest BCUT2D eigenvalue weighted by Crippen LogP contribution is 2.19. The number of nitrogens with two attached hydrogens (primary N) is 1. The first-order chi connectivity index (χ1) is 12.7. The summed E-state index contributed by atoms with van der Waals surface area (Å²) >= 11 is 0. The fourth-order valence-corrected chi connectivity index (χ4v) is 2.10. The van der Waals surface area contributed by atoms with Crippen LogP contribution in [0, 0.1) is 0 Å². The van der Waals surface area contributed by atoms with E-state index >= 15 is 0 Å². The van der Waals surface area contributed by atoms with Gasteiger partial charge in [0, 0.05) is 19.5 Å². The van der Waals surface area contributed by atoms with Gasteiger partial charge in [0.15, 0.2) is 5.82 Å². The zero-order valence-electron chi connectivity index (χ0n) is 14.1. The highest BCUT2D eigenvalue weighted by atomic mass is 16.5. The molecule has 0 saturated carbocycles. The Morgan fingerprint density at radius 3 is 2.69 bits per heavy atom. The van der Waals surface area contributed by atoms with Crippen molar-refractivity contribution in [2.75, 3.05) is 31.4 Å². The third kappa shape index (κ3) is 4.14. The maximum absolute atomic E-state index is 12.4. The molecule has 0 aliphatic carbocycles. The Hall–Kier alpha value is -3.46. The van der Waals surface area contributed by atoms with E-state index in [2.05, 4.69) is 20.3 Å². The summed E-state index contributed by atoms with van der Waals surface area (Å²) in [7, 11) is 1.58. The number of aromatic nitrogens is 4. The largest absolute Gasteiger partial charge is 0.474 e. The smallest absolute Gasteiger partial charge is 0.277 e. The van der Waals surface area contributed by atoms with Crippen molar-refractivity contribution in [3.63, 3.8) is 0 Å². The third-order valence-corrected chi connectivity index (χ3v) is 3.41. The van der Waals surface area contributed by atoms with Crippen LogP contribution in [0.1, 0.15) is 10.5 Å². The van der Waals surface area contributed by atoms with Crippen molar-refractivity contribution in [1.82, 2.24) is 19.5 Å². The molecule has 0 unspecified atom stereocenters. The molecular weight excluding hydrogens is 336 g/mol. The minimum atomic E-state index is -0.468. The van der Waals surface area contributed by atoms with Gasteiger partial charge in [0.2, 0.25) is 5.88 Å². The number of anilines is 2. The lowest BCUT2D eigenvalue weighted by Crippen LogP contribution is -2.17. The molecule has 3 aromatic rings.